The molecule has 0 aromatic rings. The van der Waals surface area contributed by atoms with Gasteiger partial charge in [0.1, 0.15) is 0 Å². The number of rotatable bonds is 10. The fourth-order valence-electron chi connectivity index (χ4n) is 0.998. The minimum Gasteiger partial charge on any atom is -0.430 e. The quantitative estimate of drug-likeness (QED) is 0.120. The van der Waals surface area contributed by atoms with Gasteiger partial charge in [0.25, 0.3) is 0 Å². The molecule has 0 aromatic carbocycles. The molecular formula is C11H21O7P. The number of hydrogen-bond donors (Lipinski definition) is 2. The van der Waals surface area contributed by atoms with Gasteiger partial charge >= 0.3 is 13.6 Å². The average Bonchev–Trinajstić information content (AvgIpc) is 2.29. The Hall–Kier alpha value is -0.720. The highest BCUT2D eigenvalue weighted by Crippen LogP contribution is 2.33. The van der Waals surface area contributed by atoms with E-state index in [1.165, 1.54) is 6.92 Å². The van der Waals surface area contributed by atoms with E-state index in [9.17, 15) is 9.36 Å². The molecular weight excluding hydrogens is 275 g/mol. The molecule has 8 heteroatoms. The van der Waals surface area contributed by atoms with Crippen molar-refractivity contribution in [1.82, 2.24) is 0 Å². The van der Waals surface area contributed by atoms with Gasteiger partial charge in [-0.3, -0.25) is 4.57 Å². The third kappa shape index (κ3) is 10.9. The molecule has 0 aromatic heterocycles. The lowest BCUT2D eigenvalue weighted by Crippen LogP contribution is -2.22. The maximum absolute atomic E-state index is 11.3. The van der Waals surface area contributed by atoms with Crippen molar-refractivity contribution in [3.8, 4) is 0 Å². The summed E-state index contributed by atoms with van der Waals surface area (Å²) in [5.41, 5.74) is 0.236. The van der Waals surface area contributed by atoms with Gasteiger partial charge in [0.2, 0.25) is 6.29 Å². The SMILES string of the molecule is C=C(C)C(=O)OC(CCCC)OOCCP(=O)(O)O. The molecule has 0 bridgehead atoms. The van der Waals surface area contributed by atoms with Crippen LogP contribution in [0.3, 0.4) is 0 Å². The molecule has 0 aliphatic carbocycles. The Labute approximate surface area is 112 Å². The second-order valence-corrected chi connectivity index (χ2v) is 5.84. The number of carbonyl (C=O) groups excluding carboxylic acids is 1. The van der Waals surface area contributed by atoms with Gasteiger partial charge in [-0.25, -0.2) is 9.68 Å². The van der Waals surface area contributed by atoms with Crippen molar-refractivity contribution in [2.75, 3.05) is 12.8 Å². The molecule has 112 valence electrons. The van der Waals surface area contributed by atoms with Crippen molar-refractivity contribution in [3.63, 3.8) is 0 Å². The fraction of sp³-hybridized carbons (Fsp3) is 0.727. The van der Waals surface area contributed by atoms with Crippen molar-refractivity contribution in [3.05, 3.63) is 12.2 Å². The molecule has 1 atom stereocenters. The van der Waals surface area contributed by atoms with E-state index in [1.54, 1.807) is 0 Å². The number of ether oxygens (including phenoxy) is 1. The number of hydrogen-bond acceptors (Lipinski definition) is 5. The number of esters is 1. The second-order valence-electron chi connectivity index (χ2n) is 4.06. The van der Waals surface area contributed by atoms with Crippen molar-refractivity contribution in [1.29, 1.82) is 0 Å². The van der Waals surface area contributed by atoms with Gasteiger partial charge in [0.05, 0.1) is 12.8 Å². The summed E-state index contributed by atoms with van der Waals surface area (Å²) in [7, 11) is -4.12. The van der Waals surface area contributed by atoms with E-state index in [-0.39, 0.29) is 12.2 Å². The Bertz CT molecular complexity index is 336. The molecule has 0 saturated heterocycles. The van der Waals surface area contributed by atoms with Crippen LogP contribution in [0.1, 0.15) is 33.1 Å². The van der Waals surface area contributed by atoms with Crippen molar-refractivity contribution in [2.45, 2.75) is 39.4 Å². The first-order chi connectivity index (χ1) is 8.76. The topological polar surface area (TPSA) is 102 Å². The lowest BCUT2D eigenvalue weighted by atomic mass is 10.2. The molecule has 0 aliphatic heterocycles. The lowest BCUT2D eigenvalue weighted by Gasteiger charge is -2.17. The van der Waals surface area contributed by atoms with Crippen molar-refractivity contribution in [2.24, 2.45) is 0 Å². The van der Waals surface area contributed by atoms with Crippen molar-refractivity contribution < 1.29 is 33.7 Å². The largest absolute Gasteiger partial charge is 0.430 e. The molecule has 0 aliphatic rings. The Balaban J connectivity index is 4.09. The minimum atomic E-state index is -4.12. The standard InChI is InChI=1S/C11H21O7P/c1-4-5-6-10(17-11(12)9(2)3)18-16-7-8-19(13,14)15/h10H,2,4-8H2,1,3H3,(H2,13,14,15). The van der Waals surface area contributed by atoms with E-state index in [0.717, 1.165) is 12.8 Å². The van der Waals surface area contributed by atoms with Gasteiger partial charge < -0.3 is 14.5 Å². The highest BCUT2D eigenvalue weighted by Gasteiger charge is 2.18. The number of unbranched alkanes of at least 4 members (excludes halogenated alkanes) is 1. The van der Waals surface area contributed by atoms with E-state index in [1.807, 2.05) is 6.92 Å². The maximum atomic E-state index is 11.3. The smallest absolute Gasteiger partial charge is 0.335 e. The Morgan fingerprint density at radius 1 is 1.42 bits per heavy atom. The molecule has 1 unspecified atom stereocenters. The molecule has 0 rings (SSSR count). The summed E-state index contributed by atoms with van der Waals surface area (Å²) in [6.45, 7) is 6.64. The predicted molar refractivity (Wildman–Crippen MR) is 68.2 cm³/mol. The molecule has 0 radical (unpaired) electrons. The van der Waals surface area contributed by atoms with E-state index < -0.39 is 26.0 Å². The minimum absolute atomic E-state index is 0.236. The summed E-state index contributed by atoms with van der Waals surface area (Å²) in [6.07, 6.45) is 0.719. The molecule has 0 saturated carbocycles. The molecule has 19 heavy (non-hydrogen) atoms. The predicted octanol–water partition coefficient (Wildman–Crippen LogP) is 1.75. The third-order valence-electron chi connectivity index (χ3n) is 2.02. The van der Waals surface area contributed by atoms with E-state index >= 15 is 0 Å². The van der Waals surface area contributed by atoms with E-state index in [4.69, 9.17) is 19.4 Å². The first kappa shape index (κ1) is 18.3. The van der Waals surface area contributed by atoms with Gasteiger partial charge in [-0.05, 0) is 13.3 Å². The molecule has 2 N–H and O–H groups in total. The summed E-state index contributed by atoms with van der Waals surface area (Å²) in [5.74, 6) is -0.598. The summed E-state index contributed by atoms with van der Waals surface area (Å²) in [5, 5.41) is 0. The normalized spacial score (nSPS) is 13.1. The van der Waals surface area contributed by atoms with Gasteiger partial charge in [0, 0.05) is 12.0 Å². The van der Waals surface area contributed by atoms with Crippen LogP contribution >= 0.6 is 7.60 Å². The average molecular weight is 296 g/mol. The van der Waals surface area contributed by atoms with Crippen LogP contribution < -0.4 is 0 Å². The maximum Gasteiger partial charge on any atom is 0.335 e. The van der Waals surface area contributed by atoms with Gasteiger partial charge in [-0.15, -0.1) is 0 Å². The fourth-order valence-corrected chi connectivity index (χ4v) is 1.31. The molecule has 7 nitrogen and oxygen atoms in total. The third-order valence-corrected chi connectivity index (χ3v) is 2.79. The summed E-state index contributed by atoms with van der Waals surface area (Å²) >= 11 is 0. The van der Waals surface area contributed by atoms with Crippen LogP contribution in [-0.2, 0) is 23.9 Å². The van der Waals surface area contributed by atoms with Crippen LogP contribution in [0.2, 0.25) is 0 Å². The summed E-state index contributed by atoms with van der Waals surface area (Å²) in [4.78, 5) is 38.1. The summed E-state index contributed by atoms with van der Waals surface area (Å²) in [6, 6.07) is 0. The zero-order valence-electron chi connectivity index (χ0n) is 11.2. The van der Waals surface area contributed by atoms with Crippen LogP contribution in [0, 0.1) is 0 Å². The second kappa shape index (κ2) is 9.23. The van der Waals surface area contributed by atoms with Crippen molar-refractivity contribution >= 4 is 13.6 Å². The highest BCUT2D eigenvalue weighted by atomic mass is 31.2. The monoisotopic (exact) mass is 296 g/mol. The Morgan fingerprint density at radius 2 is 2.05 bits per heavy atom. The Kier molecular flexibility index (Phi) is 8.88. The Morgan fingerprint density at radius 3 is 2.53 bits per heavy atom. The molecule has 0 spiro atoms. The first-order valence-corrected chi connectivity index (χ1v) is 7.75. The van der Waals surface area contributed by atoms with E-state index in [2.05, 4.69) is 11.5 Å². The zero-order chi connectivity index (χ0) is 14.9. The van der Waals surface area contributed by atoms with Crippen LogP contribution in [0.15, 0.2) is 12.2 Å². The molecule has 0 amide bonds. The molecule has 0 heterocycles. The van der Waals surface area contributed by atoms with Crippen LogP contribution in [0.25, 0.3) is 0 Å². The zero-order valence-corrected chi connectivity index (χ0v) is 12.1. The number of carbonyl (C=O) groups is 1. The lowest BCUT2D eigenvalue weighted by molar-refractivity contribution is -0.368. The first-order valence-electron chi connectivity index (χ1n) is 5.95. The van der Waals surface area contributed by atoms with Crippen LogP contribution in [0.4, 0.5) is 0 Å². The highest BCUT2D eigenvalue weighted by molar-refractivity contribution is 7.51. The molecule has 0 fully saturated rings. The van der Waals surface area contributed by atoms with Gasteiger partial charge in [-0.2, -0.15) is 4.89 Å². The van der Waals surface area contributed by atoms with Crippen LogP contribution in [0.5, 0.6) is 0 Å². The van der Waals surface area contributed by atoms with Gasteiger partial charge in [-0.1, -0.05) is 19.9 Å². The van der Waals surface area contributed by atoms with E-state index in [0.29, 0.717) is 6.42 Å². The van der Waals surface area contributed by atoms with Crippen LogP contribution in [-0.4, -0.2) is 34.8 Å². The summed E-state index contributed by atoms with van der Waals surface area (Å²) < 4.78 is 15.5. The van der Waals surface area contributed by atoms with Gasteiger partial charge in [0.15, 0.2) is 0 Å².